The molecule has 0 N–H and O–H groups in total. The van der Waals surface area contributed by atoms with Gasteiger partial charge in [-0.3, -0.25) is 0 Å². The number of fused-ring (bicyclic) bond motifs is 4. The third kappa shape index (κ3) is 7.33. The second kappa shape index (κ2) is 16.1. The summed E-state index contributed by atoms with van der Waals surface area (Å²) in [4.78, 5) is 0. The molecule has 0 unspecified atom stereocenters. The molecule has 0 saturated carbocycles. The van der Waals surface area contributed by atoms with Gasteiger partial charge in [0.05, 0.1) is 0 Å². The van der Waals surface area contributed by atoms with Gasteiger partial charge < -0.3 is 14.9 Å². The molecule has 8 aromatic rings. The standard InChI is InChI=1S/C22H19.C21H17.2CH3.Ge.Zr/c1-15(2)18-13-17-9-6-12-21(22(17)14-18)20-11-5-8-16-7-3-4-10-19(16)20;1-14-12-20-15(2)10-11-19(21(20)13-14)18-9-5-7-16-6-3-4-8-17(16)18;;;;/h3-15H,1-2H3;3-13H,1-2H3;2*1H3;;/q4*-1;;. The summed E-state index contributed by atoms with van der Waals surface area (Å²) in [6.45, 7) is 8.87. The first kappa shape index (κ1) is 36.3. The van der Waals surface area contributed by atoms with E-state index < -0.39 is 0 Å². The van der Waals surface area contributed by atoms with Crippen LogP contribution in [-0.4, -0.2) is 12.1 Å². The maximum atomic E-state index is 2.36. The summed E-state index contributed by atoms with van der Waals surface area (Å²) in [5, 5.41) is 10.7. The fourth-order valence-corrected chi connectivity index (χ4v) is 6.57. The van der Waals surface area contributed by atoms with Crippen LogP contribution in [0.2, 0.25) is 0 Å². The van der Waals surface area contributed by atoms with Gasteiger partial charge in [0.2, 0.25) is 0 Å². The van der Waals surface area contributed by atoms with Gasteiger partial charge in [-0.05, 0) is 38.6 Å². The zero-order chi connectivity index (χ0) is 31.5. The van der Waals surface area contributed by atoms with Gasteiger partial charge in [-0.2, -0.15) is 12.1 Å². The van der Waals surface area contributed by atoms with Gasteiger partial charge in [-0.25, -0.2) is 0 Å². The molecular weight excluding hydrogens is 704 g/mol. The van der Waals surface area contributed by atoms with Crippen molar-refractivity contribution in [3.05, 3.63) is 171 Å². The Morgan fingerprint density at radius 3 is 1.57 bits per heavy atom. The summed E-state index contributed by atoms with van der Waals surface area (Å²) < 4.78 is 0. The molecule has 0 fully saturated rings. The molecule has 0 heterocycles. The Morgan fingerprint density at radius 1 is 0.511 bits per heavy atom. The second-order valence-corrected chi connectivity index (χ2v) is 12.1. The molecule has 0 aliphatic carbocycles. The first-order valence-corrected chi connectivity index (χ1v) is 23.0. The van der Waals surface area contributed by atoms with Crippen molar-refractivity contribution in [3.8, 4) is 22.3 Å². The summed E-state index contributed by atoms with van der Waals surface area (Å²) in [6.07, 6.45) is 0. The van der Waals surface area contributed by atoms with Gasteiger partial charge in [-0.1, -0.05) is 136 Å². The third-order valence-corrected chi connectivity index (χ3v) is 8.85. The number of benzene rings is 6. The molecule has 0 bridgehead atoms. The van der Waals surface area contributed by atoms with Gasteiger partial charge in [0.15, 0.2) is 0 Å². The van der Waals surface area contributed by atoms with Crippen LogP contribution in [0.1, 0.15) is 36.5 Å². The zero-order valence-corrected chi connectivity index (χ0v) is 32.9. The van der Waals surface area contributed by atoms with Crippen LogP contribution in [-0.2, 0) is 21.6 Å². The predicted molar refractivity (Wildman–Crippen MR) is 207 cm³/mol. The Morgan fingerprint density at radius 2 is 1.00 bits per heavy atom. The molecule has 0 spiro atoms. The Balaban J connectivity index is 0.000000195. The summed E-state index contributed by atoms with van der Waals surface area (Å²) >= 11 is 3.64. The summed E-state index contributed by atoms with van der Waals surface area (Å²) in [7, 11) is 0. The van der Waals surface area contributed by atoms with Crippen LogP contribution in [0.5, 0.6) is 0 Å². The van der Waals surface area contributed by atoms with Crippen molar-refractivity contribution in [3.63, 3.8) is 0 Å². The molecule has 8 aromatic carbocycles. The van der Waals surface area contributed by atoms with Crippen LogP contribution < -0.4 is 0 Å². The fraction of sp³-hybridized carbons (Fsp3) is 0.111. The van der Waals surface area contributed by atoms with Crippen LogP contribution in [0.15, 0.2) is 140 Å². The van der Waals surface area contributed by atoms with Crippen molar-refractivity contribution < 1.29 is 21.6 Å². The molecule has 0 aromatic heterocycles. The van der Waals surface area contributed by atoms with E-state index in [1.54, 1.807) is 21.6 Å². The van der Waals surface area contributed by atoms with Crippen molar-refractivity contribution in [2.75, 3.05) is 0 Å². The van der Waals surface area contributed by atoms with E-state index in [2.05, 4.69) is 179 Å². The fourth-order valence-electron chi connectivity index (χ4n) is 6.57. The first-order valence-electron chi connectivity index (χ1n) is 15.6. The van der Waals surface area contributed by atoms with E-state index in [0.29, 0.717) is 5.92 Å². The third-order valence-electron chi connectivity index (χ3n) is 8.85. The Bertz CT molecular complexity index is 2250. The van der Waals surface area contributed by atoms with Gasteiger partial charge in [-0.15, -0.1) is 68.6 Å². The van der Waals surface area contributed by atoms with E-state index in [9.17, 15) is 0 Å². The molecule has 0 amide bonds. The first-order chi connectivity index (χ1) is 22.0. The molecule has 0 saturated heterocycles. The van der Waals surface area contributed by atoms with Gasteiger partial charge in [0.1, 0.15) is 0 Å². The van der Waals surface area contributed by atoms with Crippen LogP contribution in [0.3, 0.4) is 0 Å². The molecular formula is C45H42GeZr-4. The molecule has 47 heavy (non-hydrogen) atoms. The van der Waals surface area contributed by atoms with E-state index in [4.69, 9.17) is 0 Å². The maximum absolute atomic E-state index is 2.36. The van der Waals surface area contributed by atoms with E-state index in [-0.39, 0.29) is 14.9 Å². The minimum atomic E-state index is 0. The average molecular weight is 747 g/mol. The van der Waals surface area contributed by atoms with E-state index in [1.807, 2.05) is 0 Å². The van der Waals surface area contributed by atoms with Crippen molar-refractivity contribution in [2.45, 2.75) is 33.6 Å². The molecule has 0 atom stereocenters. The number of rotatable bonds is 3. The molecule has 2 heteroatoms. The molecule has 0 aliphatic heterocycles. The Kier molecular flexibility index (Phi) is 12.4. The zero-order valence-electron chi connectivity index (χ0n) is 28.4. The van der Waals surface area contributed by atoms with Crippen LogP contribution in [0.25, 0.3) is 65.3 Å². The van der Waals surface area contributed by atoms with Crippen molar-refractivity contribution in [1.82, 2.24) is 0 Å². The van der Waals surface area contributed by atoms with Crippen molar-refractivity contribution in [2.24, 2.45) is 0 Å². The van der Waals surface area contributed by atoms with Gasteiger partial charge in [0, 0.05) is 0 Å². The molecule has 0 aliphatic rings. The molecule has 2 radical (unpaired) electrons. The van der Waals surface area contributed by atoms with Crippen LogP contribution >= 0.6 is 0 Å². The number of aryl methyl sites for hydroxylation is 2. The minimum absolute atomic E-state index is 0. The molecule has 0 nitrogen and oxygen atoms in total. The van der Waals surface area contributed by atoms with Crippen LogP contribution in [0.4, 0.5) is 0 Å². The summed E-state index contributed by atoms with van der Waals surface area (Å²) in [6, 6.07) is 50.8. The van der Waals surface area contributed by atoms with Crippen LogP contribution in [0, 0.1) is 28.7 Å². The van der Waals surface area contributed by atoms with E-state index in [0.717, 1.165) is 0 Å². The number of hydrogen-bond acceptors (Lipinski definition) is 0. The van der Waals surface area contributed by atoms with Gasteiger partial charge in [0.25, 0.3) is 0 Å². The van der Waals surface area contributed by atoms with Crippen molar-refractivity contribution >= 4 is 55.2 Å². The summed E-state index contributed by atoms with van der Waals surface area (Å²) in [5.74, 6) is 0.563. The summed E-state index contributed by atoms with van der Waals surface area (Å²) in [5.41, 5.74) is 9.42. The van der Waals surface area contributed by atoms with E-state index in [1.165, 1.54) is 82.0 Å². The SMILES string of the molecule is CC(C)c1cc2c(-c3cccc4ccccc34)cccc2[cH-]1.Cc1cc2c(-c3cccc4ccccc34)ccc(C)c2[cH-]1.[CH3-].[CH3-].[Ge]=[Zr]. The molecule has 8 rings (SSSR count). The van der Waals surface area contributed by atoms with Crippen molar-refractivity contribution in [1.29, 1.82) is 0 Å². The predicted octanol–water partition coefficient (Wildman–Crippen LogP) is 13.0. The Hall–Kier alpha value is -3.51. The normalized spacial score (nSPS) is 10.6. The van der Waals surface area contributed by atoms with Gasteiger partial charge >= 0.3 is 33.7 Å². The topological polar surface area (TPSA) is 0 Å². The Labute approximate surface area is 301 Å². The monoisotopic (exact) mass is 746 g/mol. The average Bonchev–Trinajstić information content (AvgIpc) is 3.70. The second-order valence-electron chi connectivity index (χ2n) is 12.1. The van der Waals surface area contributed by atoms with E-state index >= 15 is 0 Å². The molecule has 234 valence electrons. The quantitative estimate of drug-likeness (QED) is 0.125. The number of hydrogen-bond donors (Lipinski definition) is 0.